The molecule has 0 saturated heterocycles. The van der Waals surface area contributed by atoms with E-state index >= 15 is 0 Å². The van der Waals surface area contributed by atoms with E-state index in [0.29, 0.717) is 3.57 Å². The Hall–Kier alpha value is -0.850. The summed E-state index contributed by atoms with van der Waals surface area (Å²) in [6.07, 6.45) is 2.63. The van der Waals surface area contributed by atoms with E-state index in [1.807, 2.05) is 0 Å². The molecule has 1 rings (SSSR count). The number of carbonyl (C=O) groups is 1. The summed E-state index contributed by atoms with van der Waals surface area (Å²) in [7, 11) is 0. The summed E-state index contributed by atoms with van der Waals surface area (Å²) >= 11 is 1.78. The zero-order chi connectivity index (χ0) is 8.43. The van der Waals surface area contributed by atoms with Gasteiger partial charge in [-0.1, -0.05) is 0 Å². The fourth-order valence-corrected chi connectivity index (χ4v) is 1.09. The Labute approximate surface area is 75.4 Å². The quantitative estimate of drug-likeness (QED) is 0.733. The fraction of sp³-hybridized carbons (Fsp3) is 0. The lowest BCUT2D eigenvalue weighted by atomic mass is 10.3. The number of rotatable bonds is 1. The third-order valence-electron chi connectivity index (χ3n) is 1.13. The van der Waals surface area contributed by atoms with E-state index in [4.69, 9.17) is 5.11 Å². The van der Waals surface area contributed by atoms with Crippen LogP contribution < -0.4 is 5.43 Å². The second kappa shape index (κ2) is 3.04. The highest BCUT2D eigenvalue weighted by Gasteiger charge is 2.08. The third kappa shape index (κ3) is 1.59. The molecular formula is C6H4INO3. The van der Waals surface area contributed by atoms with E-state index in [9.17, 15) is 9.59 Å². The zero-order valence-electron chi connectivity index (χ0n) is 5.30. The first-order valence-corrected chi connectivity index (χ1v) is 3.80. The lowest BCUT2D eigenvalue weighted by molar-refractivity contribution is 0.0695. The molecule has 1 aromatic heterocycles. The minimum Gasteiger partial charge on any atom is -0.477 e. The van der Waals surface area contributed by atoms with Crippen molar-refractivity contribution in [3.05, 3.63) is 31.8 Å². The number of hydrogen-bond donors (Lipinski definition) is 2. The Morgan fingerprint density at radius 2 is 2.18 bits per heavy atom. The van der Waals surface area contributed by atoms with Gasteiger partial charge in [0.05, 0.1) is 3.57 Å². The SMILES string of the molecule is O=C(O)c1c[nH]cc(I)c1=O. The molecule has 11 heavy (non-hydrogen) atoms. The number of aromatic carboxylic acids is 1. The van der Waals surface area contributed by atoms with Crippen LogP contribution in [0.15, 0.2) is 17.2 Å². The van der Waals surface area contributed by atoms with Gasteiger partial charge in [-0.25, -0.2) is 4.79 Å². The Morgan fingerprint density at radius 3 is 2.64 bits per heavy atom. The van der Waals surface area contributed by atoms with Crippen molar-refractivity contribution in [1.82, 2.24) is 4.98 Å². The molecule has 0 aromatic carbocycles. The monoisotopic (exact) mass is 265 g/mol. The van der Waals surface area contributed by atoms with Gasteiger partial charge in [0.25, 0.3) is 0 Å². The minimum atomic E-state index is -1.20. The average Bonchev–Trinajstić information content (AvgIpc) is 1.94. The molecule has 0 radical (unpaired) electrons. The van der Waals surface area contributed by atoms with Gasteiger partial charge in [-0.3, -0.25) is 4.79 Å². The predicted octanol–water partition coefficient (Wildman–Crippen LogP) is 0.678. The van der Waals surface area contributed by atoms with Crippen molar-refractivity contribution in [3.8, 4) is 0 Å². The van der Waals surface area contributed by atoms with Crippen LogP contribution in [0, 0.1) is 3.57 Å². The summed E-state index contributed by atoms with van der Waals surface area (Å²) in [5, 5.41) is 8.47. The zero-order valence-corrected chi connectivity index (χ0v) is 7.45. The second-order valence-corrected chi connectivity index (χ2v) is 3.01. The Bertz CT molecular complexity index is 344. The standard InChI is InChI=1S/C6H4INO3/c7-4-2-8-1-3(5(4)9)6(10)11/h1-2H,(H,8,9)(H,10,11). The lowest BCUT2D eigenvalue weighted by Crippen LogP contribution is -2.16. The topological polar surface area (TPSA) is 70.2 Å². The highest BCUT2D eigenvalue weighted by atomic mass is 127. The van der Waals surface area contributed by atoms with Crippen LogP contribution in [0.5, 0.6) is 0 Å². The summed E-state index contributed by atoms with van der Waals surface area (Å²) in [5.74, 6) is -1.20. The minimum absolute atomic E-state index is 0.225. The molecule has 0 unspecified atom stereocenters. The van der Waals surface area contributed by atoms with Crippen LogP contribution in [0.4, 0.5) is 0 Å². The van der Waals surface area contributed by atoms with E-state index in [1.54, 1.807) is 22.6 Å². The van der Waals surface area contributed by atoms with E-state index in [-0.39, 0.29) is 5.56 Å². The molecule has 1 heterocycles. The molecular weight excluding hydrogens is 261 g/mol. The fourth-order valence-electron chi connectivity index (χ4n) is 0.617. The van der Waals surface area contributed by atoms with Gasteiger partial charge in [0.15, 0.2) is 0 Å². The van der Waals surface area contributed by atoms with Gasteiger partial charge >= 0.3 is 5.97 Å². The second-order valence-electron chi connectivity index (χ2n) is 1.85. The summed E-state index contributed by atoms with van der Waals surface area (Å²) < 4.78 is 0.377. The van der Waals surface area contributed by atoms with Gasteiger partial charge in [0.1, 0.15) is 5.56 Å². The van der Waals surface area contributed by atoms with Crippen LogP contribution in [0.1, 0.15) is 10.4 Å². The van der Waals surface area contributed by atoms with Crippen LogP contribution >= 0.6 is 22.6 Å². The molecule has 0 amide bonds. The number of H-pyrrole nitrogens is 1. The first kappa shape index (κ1) is 8.25. The van der Waals surface area contributed by atoms with Gasteiger partial charge < -0.3 is 10.1 Å². The van der Waals surface area contributed by atoms with Crippen molar-refractivity contribution in [2.45, 2.75) is 0 Å². The molecule has 0 bridgehead atoms. The molecule has 4 nitrogen and oxygen atoms in total. The van der Waals surface area contributed by atoms with Crippen molar-refractivity contribution < 1.29 is 9.90 Å². The molecule has 0 aliphatic heterocycles. The van der Waals surface area contributed by atoms with Gasteiger partial charge in [0.2, 0.25) is 5.43 Å². The van der Waals surface area contributed by atoms with Crippen LogP contribution in [-0.4, -0.2) is 16.1 Å². The largest absolute Gasteiger partial charge is 0.477 e. The number of carboxylic acid groups (broad SMARTS) is 1. The summed E-state index contributed by atoms with van der Waals surface area (Å²) in [6.45, 7) is 0. The van der Waals surface area contributed by atoms with Gasteiger partial charge in [0, 0.05) is 12.4 Å². The van der Waals surface area contributed by atoms with Crippen LogP contribution in [0.3, 0.4) is 0 Å². The number of carboxylic acids is 1. The number of aromatic amines is 1. The van der Waals surface area contributed by atoms with Crippen LogP contribution in [-0.2, 0) is 0 Å². The summed E-state index contributed by atoms with van der Waals surface area (Å²) in [5.41, 5.74) is -0.672. The molecule has 0 fully saturated rings. The van der Waals surface area contributed by atoms with E-state index in [0.717, 1.165) is 0 Å². The number of hydrogen-bond acceptors (Lipinski definition) is 2. The van der Waals surface area contributed by atoms with E-state index < -0.39 is 11.4 Å². The molecule has 58 valence electrons. The van der Waals surface area contributed by atoms with E-state index in [2.05, 4.69) is 4.98 Å². The summed E-state index contributed by atoms with van der Waals surface area (Å²) in [6, 6.07) is 0. The van der Waals surface area contributed by atoms with Crippen LogP contribution in [0.25, 0.3) is 0 Å². The molecule has 0 atom stereocenters. The molecule has 5 heteroatoms. The maximum atomic E-state index is 11.0. The van der Waals surface area contributed by atoms with Gasteiger partial charge in [-0.15, -0.1) is 0 Å². The number of aromatic nitrogens is 1. The maximum Gasteiger partial charge on any atom is 0.341 e. The molecule has 0 spiro atoms. The molecule has 2 N–H and O–H groups in total. The first-order valence-electron chi connectivity index (χ1n) is 2.73. The third-order valence-corrected chi connectivity index (χ3v) is 1.93. The smallest absolute Gasteiger partial charge is 0.341 e. The normalized spacial score (nSPS) is 9.55. The van der Waals surface area contributed by atoms with Crippen molar-refractivity contribution in [3.63, 3.8) is 0 Å². The number of nitrogens with one attached hydrogen (secondary N) is 1. The number of halogens is 1. The van der Waals surface area contributed by atoms with Crippen molar-refractivity contribution >= 4 is 28.6 Å². The summed E-state index contributed by atoms with van der Waals surface area (Å²) in [4.78, 5) is 23.9. The maximum absolute atomic E-state index is 11.0. The van der Waals surface area contributed by atoms with Crippen molar-refractivity contribution in [2.24, 2.45) is 0 Å². The van der Waals surface area contributed by atoms with E-state index in [1.165, 1.54) is 12.4 Å². The van der Waals surface area contributed by atoms with Crippen LogP contribution in [0.2, 0.25) is 0 Å². The Balaban J connectivity index is 3.40. The van der Waals surface area contributed by atoms with Gasteiger partial charge in [-0.2, -0.15) is 0 Å². The number of pyridine rings is 1. The van der Waals surface area contributed by atoms with Crippen molar-refractivity contribution in [2.75, 3.05) is 0 Å². The molecule has 1 aromatic rings. The first-order chi connectivity index (χ1) is 5.13. The molecule has 0 aliphatic rings. The highest BCUT2D eigenvalue weighted by Crippen LogP contribution is 1.96. The van der Waals surface area contributed by atoms with Gasteiger partial charge in [-0.05, 0) is 22.6 Å². The Kier molecular flexibility index (Phi) is 2.28. The average molecular weight is 265 g/mol. The lowest BCUT2D eigenvalue weighted by Gasteiger charge is -1.92. The predicted molar refractivity (Wildman–Crippen MR) is 46.7 cm³/mol. The van der Waals surface area contributed by atoms with Crippen molar-refractivity contribution in [1.29, 1.82) is 0 Å². The molecule has 0 aliphatic carbocycles. The highest BCUT2D eigenvalue weighted by molar-refractivity contribution is 14.1. The molecule has 0 saturated carbocycles. The Morgan fingerprint density at radius 1 is 1.55 bits per heavy atom.